The minimum Gasteiger partial charge on any atom is -0.398 e. The summed E-state index contributed by atoms with van der Waals surface area (Å²) in [5, 5.41) is 15.4. The molecule has 0 bridgehead atoms. The van der Waals surface area contributed by atoms with Crippen molar-refractivity contribution in [2.75, 3.05) is 12.3 Å². The molecule has 0 spiro atoms. The average molecular weight is 577 g/mol. The summed E-state index contributed by atoms with van der Waals surface area (Å²) in [5.41, 5.74) is 6.26. The highest BCUT2D eigenvalue weighted by atomic mass is 35.5. The topological polar surface area (TPSA) is 142 Å². The summed E-state index contributed by atoms with van der Waals surface area (Å²) in [5.74, 6) is 1.60. The van der Waals surface area contributed by atoms with E-state index in [1.807, 2.05) is 0 Å². The van der Waals surface area contributed by atoms with Crippen molar-refractivity contribution in [1.82, 2.24) is 15.5 Å². The molecular weight excluding hydrogens is 532 g/mol. The molecule has 0 aromatic heterocycles. The number of Topliss-reactive ketones (excluding diaryl/α,β-unsaturated/α-hetero) is 1. The van der Waals surface area contributed by atoms with Crippen molar-refractivity contribution in [3.8, 4) is 0 Å². The van der Waals surface area contributed by atoms with Gasteiger partial charge in [0.1, 0.15) is 17.9 Å². The maximum absolute atomic E-state index is 12.9. The maximum Gasteiger partial charge on any atom is 0.251 e. The third-order valence-electron chi connectivity index (χ3n) is 8.50. The number of ketones is 1. The van der Waals surface area contributed by atoms with E-state index >= 15 is 0 Å². The number of nitrogens with one attached hydrogen (secondary N) is 2. The van der Waals surface area contributed by atoms with Crippen LogP contribution >= 0.6 is 11.6 Å². The number of amides is 3. The summed E-state index contributed by atoms with van der Waals surface area (Å²) in [6.07, 6.45) is 6.24. The molecule has 1 aromatic carbocycles. The number of carbonyl (C=O) groups is 4. The first kappa shape index (κ1) is 31.9. The van der Waals surface area contributed by atoms with Crippen LogP contribution in [0.1, 0.15) is 89.4 Å². The van der Waals surface area contributed by atoms with Crippen LogP contribution in [-0.4, -0.2) is 64.3 Å². The second-order valence-electron chi connectivity index (χ2n) is 12.0. The zero-order valence-corrected chi connectivity index (χ0v) is 24.9. The maximum atomic E-state index is 12.9. The Bertz CT molecular complexity index is 1070. The number of benzene rings is 1. The van der Waals surface area contributed by atoms with Crippen LogP contribution in [0.15, 0.2) is 18.2 Å². The number of likely N-dealkylation sites (tertiary alicyclic amines) is 1. The van der Waals surface area contributed by atoms with Gasteiger partial charge in [-0.2, -0.15) is 0 Å². The van der Waals surface area contributed by atoms with Crippen LogP contribution in [0.2, 0.25) is 5.02 Å². The lowest BCUT2D eigenvalue weighted by Gasteiger charge is -2.28. The Hall–Kier alpha value is -2.65. The van der Waals surface area contributed by atoms with E-state index in [-0.39, 0.29) is 35.1 Å². The number of anilines is 1. The number of hydrogen-bond acceptors (Lipinski definition) is 6. The molecule has 4 unspecified atom stereocenters. The van der Waals surface area contributed by atoms with Crippen molar-refractivity contribution in [3.05, 3.63) is 28.8 Å². The summed E-state index contributed by atoms with van der Waals surface area (Å²) in [4.78, 5) is 50.9. The molecule has 3 amide bonds. The molecule has 40 heavy (non-hydrogen) atoms. The van der Waals surface area contributed by atoms with E-state index in [2.05, 4.69) is 31.4 Å². The Morgan fingerprint density at radius 3 is 2.33 bits per heavy atom. The first-order chi connectivity index (χ1) is 18.9. The van der Waals surface area contributed by atoms with E-state index in [0.29, 0.717) is 25.1 Å². The Balaban J connectivity index is 0.000000371. The minimum absolute atomic E-state index is 0.0243. The van der Waals surface area contributed by atoms with Crippen molar-refractivity contribution < 1.29 is 24.3 Å². The SMILES string of the molecule is CC(NC(=O)c1ccc(N)c(Cl)c1)C(=O)N1CCCC1C(=O)NC1CC(=O)CC1O.CC1CCC(C(C)C)CC1. The second-order valence-corrected chi connectivity index (χ2v) is 12.4. The number of nitrogens with two attached hydrogens (primary N) is 1. The Kier molecular flexibility index (Phi) is 11.4. The van der Waals surface area contributed by atoms with Gasteiger partial charge in [0.25, 0.3) is 5.91 Å². The molecule has 4 atom stereocenters. The smallest absolute Gasteiger partial charge is 0.251 e. The summed E-state index contributed by atoms with van der Waals surface area (Å²) < 4.78 is 0. The number of halogens is 1. The fourth-order valence-corrected chi connectivity index (χ4v) is 5.96. The van der Waals surface area contributed by atoms with Gasteiger partial charge in [-0.05, 0) is 68.6 Å². The van der Waals surface area contributed by atoms with E-state index in [9.17, 15) is 24.3 Å². The minimum atomic E-state index is -0.906. The molecule has 3 fully saturated rings. The van der Waals surface area contributed by atoms with Crippen molar-refractivity contribution in [2.24, 2.45) is 17.8 Å². The molecule has 0 radical (unpaired) electrons. The zero-order valence-electron chi connectivity index (χ0n) is 24.1. The number of nitrogens with zero attached hydrogens (tertiary/aromatic N) is 1. The molecule has 1 aliphatic heterocycles. The summed E-state index contributed by atoms with van der Waals surface area (Å²) in [6.45, 7) is 9.04. The number of aliphatic hydroxyl groups excluding tert-OH is 1. The van der Waals surface area contributed by atoms with Crippen LogP contribution in [0.5, 0.6) is 0 Å². The quantitative estimate of drug-likeness (QED) is 0.380. The molecule has 4 rings (SSSR count). The zero-order chi connectivity index (χ0) is 29.6. The Labute approximate surface area is 242 Å². The summed E-state index contributed by atoms with van der Waals surface area (Å²) >= 11 is 5.94. The lowest BCUT2D eigenvalue weighted by Crippen LogP contribution is -2.54. The van der Waals surface area contributed by atoms with Gasteiger partial charge in [0, 0.05) is 24.9 Å². The van der Waals surface area contributed by atoms with Crippen molar-refractivity contribution in [3.63, 3.8) is 0 Å². The van der Waals surface area contributed by atoms with Gasteiger partial charge in [-0.25, -0.2) is 0 Å². The Morgan fingerprint density at radius 2 is 1.75 bits per heavy atom. The predicted molar refractivity (Wildman–Crippen MR) is 156 cm³/mol. The molecule has 1 saturated heterocycles. The van der Waals surface area contributed by atoms with Crippen LogP contribution in [-0.2, 0) is 14.4 Å². The molecule has 1 heterocycles. The third kappa shape index (κ3) is 8.43. The van der Waals surface area contributed by atoms with E-state index in [1.54, 1.807) is 6.92 Å². The van der Waals surface area contributed by atoms with E-state index in [4.69, 9.17) is 17.3 Å². The van der Waals surface area contributed by atoms with Gasteiger partial charge in [0.2, 0.25) is 11.8 Å². The fourth-order valence-electron chi connectivity index (χ4n) is 5.78. The van der Waals surface area contributed by atoms with Crippen molar-refractivity contribution >= 4 is 40.8 Å². The van der Waals surface area contributed by atoms with E-state index < -0.39 is 36.0 Å². The molecule has 2 saturated carbocycles. The van der Waals surface area contributed by atoms with Gasteiger partial charge in [0.15, 0.2) is 0 Å². The predicted octanol–water partition coefficient (Wildman–Crippen LogP) is 3.71. The van der Waals surface area contributed by atoms with Gasteiger partial charge < -0.3 is 26.4 Å². The lowest BCUT2D eigenvalue weighted by atomic mass is 9.78. The van der Waals surface area contributed by atoms with Crippen molar-refractivity contribution in [2.45, 2.75) is 103 Å². The first-order valence-corrected chi connectivity index (χ1v) is 14.9. The van der Waals surface area contributed by atoms with E-state index in [0.717, 1.165) is 17.8 Å². The highest BCUT2D eigenvalue weighted by Gasteiger charge is 2.39. The number of hydrogen-bond donors (Lipinski definition) is 4. The molecule has 5 N–H and O–H groups in total. The summed E-state index contributed by atoms with van der Waals surface area (Å²) in [7, 11) is 0. The first-order valence-electron chi connectivity index (χ1n) is 14.5. The standard InChI is InChI=1S/C20H25ClN4O5.C10H20/c1-10(23-18(28)11-4-5-14(22)13(21)7-11)20(30)25-6-2-3-16(25)19(29)24-15-8-12(26)9-17(15)27;1-8(2)10-6-4-9(3)5-7-10/h4-5,7,10,15-17,27H,2-3,6,8-9,22H2,1H3,(H,23,28)(H,24,29);8-10H,4-7H2,1-3H3. The number of rotatable bonds is 6. The van der Waals surface area contributed by atoms with Crippen LogP contribution in [0.4, 0.5) is 5.69 Å². The van der Waals surface area contributed by atoms with Crippen molar-refractivity contribution in [1.29, 1.82) is 0 Å². The van der Waals surface area contributed by atoms with Crippen LogP contribution < -0.4 is 16.4 Å². The molecule has 1 aromatic rings. The van der Waals surface area contributed by atoms with Crippen LogP contribution in [0, 0.1) is 17.8 Å². The highest BCUT2D eigenvalue weighted by Crippen LogP contribution is 2.32. The summed E-state index contributed by atoms with van der Waals surface area (Å²) in [6, 6.07) is 2.24. The number of nitrogen functional groups attached to an aromatic ring is 1. The fraction of sp³-hybridized carbons (Fsp3) is 0.667. The molecular formula is C30H45ClN4O5. The molecule has 3 aliphatic rings. The normalized spacial score (nSPS) is 27.1. The molecule has 222 valence electrons. The third-order valence-corrected chi connectivity index (χ3v) is 8.83. The Morgan fingerprint density at radius 1 is 1.07 bits per heavy atom. The largest absolute Gasteiger partial charge is 0.398 e. The molecule has 10 heteroatoms. The van der Waals surface area contributed by atoms with E-state index in [1.165, 1.54) is 48.8 Å². The van der Waals surface area contributed by atoms with Gasteiger partial charge in [-0.3, -0.25) is 19.2 Å². The lowest BCUT2D eigenvalue weighted by molar-refractivity contribution is -0.140. The van der Waals surface area contributed by atoms with Gasteiger partial charge in [-0.15, -0.1) is 0 Å². The highest BCUT2D eigenvalue weighted by molar-refractivity contribution is 6.33. The number of aliphatic hydroxyl groups is 1. The second kappa shape index (κ2) is 14.3. The molecule has 2 aliphatic carbocycles. The van der Waals surface area contributed by atoms with Gasteiger partial charge in [0.05, 0.1) is 22.9 Å². The van der Waals surface area contributed by atoms with Crippen LogP contribution in [0.3, 0.4) is 0 Å². The van der Waals surface area contributed by atoms with Gasteiger partial charge in [-0.1, -0.05) is 45.2 Å². The number of carbonyl (C=O) groups excluding carboxylic acids is 4. The van der Waals surface area contributed by atoms with Crippen LogP contribution in [0.25, 0.3) is 0 Å². The average Bonchev–Trinajstić information content (AvgIpc) is 3.51. The van der Waals surface area contributed by atoms with Gasteiger partial charge >= 0.3 is 0 Å². The molecule has 9 nitrogen and oxygen atoms in total. The monoisotopic (exact) mass is 576 g/mol.